The fourth-order valence-electron chi connectivity index (χ4n) is 5.28. The molecule has 1 heterocycles. The predicted molar refractivity (Wildman–Crippen MR) is 114 cm³/mol. The minimum Gasteiger partial charge on any atom is -0.353 e. The van der Waals surface area contributed by atoms with Gasteiger partial charge in [0.25, 0.3) is 0 Å². The van der Waals surface area contributed by atoms with Gasteiger partial charge in [-0.25, -0.2) is 0 Å². The van der Waals surface area contributed by atoms with Crippen LogP contribution in [0.25, 0.3) is 0 Å². The van der Waals surface area contributed by atoms with Gasteiger partial charge >= 0.3 is 0 Å². The molecule has 148 valence electrons. The third-order valence-electron chi connectivity index (χ3n) is 6.97. The van der Waals surface area contributed by atoms with Crippen molar-refractivity contribution in [3.8, 4) is 0 Å². The zero-order valence-corrected chi connectivity index (χ0v) is 17.1. The van der Waals surface area contributed by atoms with Crippen molar-refractivity contribution < 1.29 is 4.79 Å². The number of amides is 1. The van der Waals surface area contributed by atoms with Crippen molar-refractivity contribution in [3.63, 3.8) is 0 Å². The second-order valence-corrected chi connectivity index (χ2v) is 8.53. The summed E-state index contributed by atoms with van der Waals surface area (Å²) in [7, 11) is 0. The van der Waals surface area contributed by atoms with Gasteiger partial charge < -0.3 is 5.32 Å². The molecule has 1 amide bonds. The number of rotatable bonds is 6. The first kappa shape index (κ1) is 19.2. The highest BCUT2D eigenvalue weighted by molar-refractivity contribution is 5.83. The van der Waals surface area contributed by atoms with E-state index >= 15 is 0 Å². The lowest BCUT2D eigenvalue weighted by molar-refractivity contribution is -0.123. The summed E-state index contributed by atoms with van der Waals surface area (Å²) in [6.07, 6.45) is 3.20. The summed E-state index contributed by atoms with van der Waals surface area (Å²) in [5.74, 6) is 1.46. The highest BCUT2D eigenvalue weighted by Gasteiger charge is 2.44. The first-order valence-electron chi connectivity index (χ1n) is 10.8. The van der Waals surface area contributed by atoms with Crippen molar-refractivity contribution in [1.82, 2.24) is 10.2 Å². The second kappa shape index (κ2) is 8.48. The van der Waals surface area contributed by atoms with Crippen molar-refractivity contribution in [2.75, 3.05) is 13.1 Å². The van der Waals surface area contributed by atoms with Gasteiger partial charge in [-0.05, 0) is 49.1 Å². The number of hydrogen-bond donors (Lipinski definition) is 1. The van der Waals surface area contributed by atoms with E-state index in [4.69, 9.17) is 0 Å². The number of hydrogen-bond acceptors (Lipinski definition) is 2. The van der Waals surface area contributed by atoms with Crippen molar-refractivity contribution in [2.45, 2.75) is 51.1 Å². The van der Waals surface area contributed by atoms with E-state index in [0.717, 1.165) is 31.5 Å². The molecule has 1 saturated carbocycles. The van der Waals surface area contributed by atoms with Gasteiger partial charge in [-0.2, -0.15) is 0 Å². The largest absolute Gasteiger partial charge is 0.353 e. The molecule has 1 aliphatic heterocycles. The van der Waals surface area contributed by atoms with E-state index in [9.17, 15) is 4.79 Å². The summed E-state index contributed by atoms with van der Waals surface area (Å²) in [6.45, 7) is 6.66. The Balaban J connectivity index is 1.40. The van der Waals surface area contributed by atoms with E-state index < -0.39 is 0 Å². The summed E-state index contributed by atoms with van der Waals surface area (Å²) < 4.78 is 0. The maximum absolute atomic E-state index is 13.0. The van der Waals surface area contributed by atoms with Gasteiger partial charge in [0, 0.05) is 25.2 Å². The first-order valence-corrected chi connectivity index (χ1v) is 10.8. The summed E-state index contributed by atoms with van der Waals surface area (Å²) in [5.41, 5.74) is 2.51. The number of likely N-dealkylation sites (tertiary alicyclic amines) is 1. The normalized spacial score (nSPS) is 26.6. The average molecular weight is 377 g/mol. The van der Waals surface area contributed by atoms with E-state index in [0.29, 0.717) is 23.9 Å². The number of carbonyl (C=O) groups is 1. The van der Waals surface area contributed by atoms with Crippen molar-refractivity contribution in [3.05, 3.63) is 71.8 Å². The number of carbonyl (C=O) groups excluding carboxylic acids is 1. The highest BCUT2D eigenvalue weighted by atomic mass is 16.1. The third kappa shape index (κ3) is 3.86. The standard InChI is InChI=1S/C25H32N2O/c1-3-22(20-12-8-5-9-13-20)25(28)26-24-15-14-21-16-27(17-23(21)24)18(2)19-10-6-4-7-11-19/h4-13,18,21-24H,3,14-17H2,1-2H3,(H,26,28)/t18-,21+,22-,23-,24+/m0/s1. The Bertz CT molecular complexity index is 776. The van der Waals surface area contributed by atoms with Crippen LogP contribution in [0, 0.1) is 11.8 Å². The van der Waals surface area contributed by atoms with E-state index in [1.54, 1.807) is 0 Å². The van der Waals surface area contributed by atoms with E-state index in [-0.39, 0.29) is 11.8 Å². The molecule has 1 N–H and O–H groups in total. The molecule has 2 fully saturated rings. The van der Waals surface area contributed by atoms with Gasteiger partial charge in [-0.1, -0.05) is 67.6 Å². The lowest BCUT2D eigenvalue weighted by Gasteiger charge is -2.27. The zero-order valence-electron chi connectivity index (χ0n) is 17.1. The van der Waals surface area contributed by atoms with Crippen molar-refractivity contribution in [2.24, 2.45) is 11.8 Å². The monoisotopic (exact) mass is 376 g/mol. The van der Waals surface area contributed by atoms with Crippen molar-refractivity contribution in [1.29, 1.82) is 0 Å². The first-order chi connectivity index (χ1) is 13.7. The van der Waals surface area contributed by atoms with Gasteiger partial charge in [0.1, 0.15) is 0 Å². The second-order valence-electron chi connectivity index (χ2n) is 8.53. The minimum atomic E-state index is -0.0407. The van der Waals surface area contributed by atoms with Gasteiger partial charge in [0.2, 0.25) is 5.91 Å². The van der Waals surface area contributed by atoms with Crippen LogP contribution in [-0.4, -0.2) is 29.9 Å². The molecule has 1 saturated heterocycles. The van der Waals surface area contributed by atoms with Gasteiger partial charge in [0.05, 0.1) is 5.92 Å². The fourth-order valence-corrected chi connectivity index (χ4v) is 5.28. The van der Waals surface area contributed by atoms with Crippen LogP contribution in [0.2, 0.25) is 0 Å². The van der Waals surface area contributed by atoms with Crippen LogP contribution < -0.4 is 5.32 Å². The Morgan fingerprint density at radius 2 is 1.64 bits per heavy atom. The van der Waals surface area contributed by atoms with Gasteiger partial charge in [-0.15, -0.1) is 0 Å². The molecule has 5 atom stereocenters. The molecule has 2 aromatic rings. The smallest absolute Gasteiger partial charge is 0.227 e. The molecule has 2 aliphatic rings. The maximum Gasteiger partial charge on any atom is 0.227 e. The maximum atomic E-state index is 13.0. The van der Waals surface area contributed by atoms with Crippen LogP contribution in [0.1, 0.15) is 56.2 Å². The molecular formula is C25H32N2O. The number of nitrogens with zero attached hydrogens (tertiary/aromatic N) is 1. The van der Waals surface area contributed by atoms with E-state index in [1.807, 2.05) is 18.2 Å². The topological polar surface area (TPSA) is 32.3 Å². The van der Waals surface area contributed by atoms with E-state index in [1.165, 1.54) is 12.0 Å². The van der Waals surface area contributed by atoms with Crippen molar-refractivity contribution >= 4 is 5.91 Å². The van der Waals surface area contributed by atoms with Crippen LogP contribution in [0.4, 0.5) is 0 Å². The van der Waals surface area contributed by atoms with Crippen LogP contribution in [0.5, 0.6) is 0 Å². The van der Waals surface area contributed by atoms with Crippen LogP contribution >= 0.6 is 0 Å². The van der Waals surface area contributed by atoms with Gasteiger partial charge in [-0.3, -0.25) is 9.69 Å². The Morgan fingerprint density at radius 3 is 2.29 bits per heavy atom. The summed E-state index contributed by atoms with van der Waals surface area (Å²) in [5, 5.41) is 3.43. The fraction of sp³-hybridized carbons (Fsp3) is 0.480. The Kier molecular flexibility index (Phi) is 5.82. The Hall–Kier alpha value is -2.13. The predicted octanol–water partition coefficient (Wildman–Crippen LogP) is 4.77. The molecule has 1 aliphatic carbocycles. The minimum absolute atomic E-state index is 0.0407. The van der Waals surface area contributed by atoms with Crippen LogP contribution in [0.15, 0.2) is 60.7 Å². The molecule has 0 bridgehead atoms. The average Bonchev–Trinajstić information content (AvgIpc) is 3.31. The Morgan fingerprint density at radius 1 is 1.00 bits per heavy atom. The SMILES string of the molecule is CC[C@H](C(=O)N[C@@H]1CC[C@@H]2CN([C@@H](C)c3ccccc3)C[C@@H]21)c1ccccc1. The quantitative estimate of drug-likeness (QED) is 0.788. The lowest BCUT2D eigenvalue weighted by Crippen LogP contribution is -2.42. The Labute approximate surface area is 169 Å². The molecule has 4 rings (SSSR count). The van der Waals surface area contributed by atoms with E-state index in [2.05, 4.69) is 66.5 Å². The molecule has 0 radical (unpaired) electrons. The molecule has 0 aromatic heterocycles. The van der Waals surface area contributed by atoms with Crippen LogP contribution in [-0.2, 0) is 4.79 Å². The molecule has 0 spiro atoms. The molecule has 3 nitrogen and oxygen atoms in total. The summed E-state index contributed by atoms with van der Waals surface area (Å²) >= 11 is 0. The molecular weight excluding hydrogens is 344 g/mol. The summed E-state index contributed by atoms with van der Waals surface area (Å²) in [6, 6.07) is 21.8. The van der Waals surface area contributed by atoms with Crippen LogP contribution in [0.3, 0.4) is 0 Å². The summed E-state index contributed by atoms with van der Waals surface area (Å²) in [4.78, 5) is 15.6. The zero-order chi connectivity index (χ0) is 19.5. The molecule has 2 aromatic carbocycles. The number of fused-ring (bicyclic) bond motifs is 1. The highest BCUT2D eigenvalue weighted by Crippen LogP contribution is 2.41. The van der Waals surface area contributed by atoms with Gasteiger partial charge in [0.15, 0.2) is 0 Å². The lowest BCUT2D eigenvalue weighted by atomic mass is 9.93. The molecule has 3 heteroatoms. The third-order valence-corrected chi connectivity index (χ3v) is 6.97. The number of nitrogens with one attached hydrogen (secondary N) is 1. The number of benzene rings is 2. The molecule has 28 heavy (non-hydrogen) atoms. The molecule has 0 unspecified atom stereocenters.